The summed E-state index contributed by atoms with van der Waals surface area (Å²) in [6.07, 6.45) is 3.76. The van der Waals surface area contributed by atoms with Crippen LogP contribution >= 0.6 is 0 Å². The van der Waals surface area contributed by atoms with Crippen molar-refractivity contribution >= 4 is 11.0 Å². The lowest BCUT2D eigenvalue weighted by Crippen LogP contribution is -2.33. The number of hydrogen-bond donors (Lipinski definition) is 0. The molecule has 0 unspecified atom stereocenters. The molecule has 0 spiro atoms. The van der Waals surface area contributed by atoms with Crippen LogP contribution in [-0.4, -0.2) is 38.3 Å². The predicted molar refractivity (Wildman–Crippen MR) is 110 cm³/mol. The van der Waals surface area contributed by atoms with Gasteiger partial charge >= 0.3 is 0 Å². The zero-order chi connectivity index (χ0) is 19.3. The van der Waals surface area contributed by atoms with E-state index in [1.807, 2.05) is 36.4 Å². The molecule has 1 aromatic heterocycles. The van der Waals surface area contributed by atoms with E-state index in [-0.39, 0.29) is 11.2 Å². The second-order valence-electron chi connectivity index (χ2n) is 7.06. The van der Waals surface area contributed by atoms with E-state index >= 15 is 0 Å². The van der Waals surface area contributed by atoms with E-state index in [0.29, 0.717) is 23.3 Å². The summed E-state index contributed by atoms with van der Waals surface area (Å²) in [5, 5.41) is 0.535. The van der Waals surface area contributed by atoms with Gasteiger partial charge in [0.15, 0.2) is 5.76 Å². The zero-order valence-corrected chi connectivity index (χ0v) is 16.1. The van der Waals surface area contributed by atoms with Crippen LogP contribution in [0.5, 0.6) is 11.5 Å². The van der Waals surface area contributed by atoms with Gasteiger partial charge in [-0.2, -0.15) is 0 Å². The van der Waals surface area contributed by atoms with E-state index in [1.54, 1.807) is 19.2 Å². The molecule has 0 bridgehead atoms. The van der Waals surface area contributed by atoms with Crippen molar-refractivity contribution in [1.82, 2.24) is 4.90 Å². The molecule has 4 rings (SSSR count). The first-order valence-electron chi connectivity index (χ1n) is 9.81. The molecule has 0 aliphatic carbocycles. The minimum Gasteiger partial charge on any atom is -0.497 e. The summed E-state index contributed by atoms with van der Waals surface area (Å²) >= 11 is 0. The Morgan fingerprint density at radius 1 is 1.00 bits per heavy atom. The Morgan fingerprint density at radius 2 is 1.75 bits per heavy atom. The van der Waals surface area contributed by atoms with E-state index in [1.165, 1.54) is 19.3 Å². The molecule has 3 aromatic rings. The van der Waals surface area contributed by atoms with Gasteiger partial charge in [-0.1, -0.05) is 18.6 Å². The van der Waals surface area contributed by atoms with Crippen molar-refractivity contribution in [2.45, 2.75) is 19.3 Å². The Morgan fingerprint density at radius 3 is 2.50 bits per heavy atom. The van der Waals surface area contributed by atoms with Gasteiger partial charge in [0.1, 0.15) is 17.9 Å². The topological polar surface area (TPSA) is 51.9 Å². The van der Waals surface area contributed by atoms with E-state index in [2.05, 4.69) is 4.90 Å². The molecular weight excluding hydrogens is 354 g/mol. The van der Waals surface area contributed by atoms with Gasteiger partial charge in [-0.15, -0.1) is 0 Å². The summed E-state index contributed by atoms with van der Waals surface area (Å²) in [7, 11) is 1.63. The Labute approximate surface area is 164 Å². The summed E-state index contributed by atoms with van der Waals surface area (Å²) in [5.74, 6) is 1.49. The number of hydrogen-bond acceptors (Lipinski definition) is 5. The van der Waals surface area contributed by atoms with E-state index in [0.717, 1.165) is 30.9 Å². The minimum atomic E-state index is -0.133. The quantitative estimate of drug-likeness (QED) is 0.638. The highest BCUT2D eigenvalue weighted by molar-refractivity contribution is 5.82. The zero-order valence-electron chi connectivity index (χ0n) is 16.1. The third-order valence-corrected chi connectivity index (χ3v) is 5.21. The molecule has 2 aromatic carbocycles. The molecular formula is C23H25NO4. The number of para-hydroxylation sites is 1. The normalized spacial score (nSPS) is 14.9. The lowest BCUT2D eigenvalue weighted by atomic mass is 10.1. The summed E-state index contributed by atoms with van der Waals surface area (Å²) < 4.78 is 17.3. The largest absolute Gasteiger partial charge is 0.497 e. The van der Waals surface area contributed by atoms with Gasteiger partial charge in [-0.05, 0) is 62.3 Å². The smallest absolute Gasteiger partial charge is 0.235 e. The van der Waals surface area contributed by atoms with Crippen molar-refractivity contribution in [3.05, 3.63) is 58.8 Å². The van der Waals surface area contributed by atoms with Crippen LogP contribution in [-0.2, 0) is 0 Å². The Kier molecular flexibility index (Phi) is 5.63. The van der Waals surface area contributed by atoms with E-state index in [9.17, 15) is 4.79 Å². The van der Waals surface area contributed by atoms with Gasteiger partial charge in [0.2, 0.25) is 11.2 Å². The summed E-state index contributed by atoms with van der Waals surface area (Å²) in [5.41, 5.74) is 1.21. The first-order valence-corrected chi connectivity index (χ1v) is 9.81. The van der Waals surface area contributed by atoms with Gasteiger partial charge < -0.3 is 13.9 Å². The lowest BCUT2D eigenvalue weighted by molar-refractivity contribution is 0.182. The van der Waals surface area contributed by atoms with Crippen LogP contribution in [0.3, 0.4) is 0 Å². The van der Waals surface area contributed by atoms with Gasteiger partial charge in [-0.25, -0.2) is 0 Å². The van der Waals surface area contributed by atoms with Gasteiger partial charge in [0.25, 0.3) is 0 Å². The van der Waals surface area contributed by atoms with Crippen molar-refractivity contribution in [3.63, 3.8) is 0 Å². The predicted octanol–water partition coefficient (Wildman–Crippen LogP) is 4.33. The third-order valence-electron chi connectivity index (χ3n) is 5.21. The van der Waals surface area contributed by atoms with Crippen molar-refractivity contribution < 1.29 is 13.9 Å². The number of fused-ring (bicyclic) bond motifs is 1. The molecule has 1 fully saturated rings. The fourth-order valence-corrected chi connectivity index (χ4v) is 3.65. The SMILES string of the molecule is COc1ccc(-c2oc3ccccc3c(=O)c2OCCN2CCCCC2)cc1. The first-order chi connectivity index (χ1) is 13.8. The number of nitrogens with zero attached hydrogens (tertiary/aromatic N) is 1. The average Bonchev–Trinajstić information content (AvgIpc) is 2.76. The highest BCUT2D eigenvalue weighted by Gasteiger charge is 2.18. The molecule has 28 heavy (non-hydrogen) atoms. The number of piperidine rings is 1. The summed E-state index contributed by atoms with van der Waals surface area (Å²) in [4.78, 5) is 15.5. The summed E-state index contributed by atoms with van der Waals surface area (Å²) in [6, 6.07) is 14.7. The number of benzene rings is 2. The second kappa shape index (κ2) is 8.48. The fourth-order valence-electron chi connectivity index (χ4n) is 3.65. The van der Waals surface area contributed by atoms with Crippen LogP contribution in [0.15, 0.2) is 57.7 Å². The van der Waals surface area contributed by atoms with Crippen molar-refractivity contribution in [3.8, 4) is 22.8 Å². The highest BCUT2D eigenvalue weighted by Crippen LogP contribution is 2.32. The monoisotopic (exact) mass is 379 g/mol. The molecule has 0 radical (unpaired) electrons. The Hall–Kier alpha value is -2.79. The summed E-state index contributed by atoms with van der Waals surface area (Å²) in [6.45, 7) is 3.47. The number of likely N-dealkylation sites (tertiary alicyclic amines) is 1. The van der Waals surface area contributed by atoms with Crippen LogP contribution in [0.1, 0.15) is 19.3 Å². The Bertz CT molecular complexity index is 988. The highest BCUT2D eigenvalue weighted by atomic mass is 16.5. The molecule has 1 aliphatic heterocycles. The van der Waals surface area contributed by atoms with Crippen molar-refractivity contribution in [1.29, 1.82) is 0 Å². The second-order valence-corrected chi connectivity index (χ2v) is 7.06. The third kappa shape index (κ3) is 3.90. The molecule has 0 atom stereocenters. The van der Waals surface area contributed by atoms with Crippen LogP contribution in [0, 0.1) is 0 Å². The first kappa shape index (κ1) is 18.6. The number of ether oxygens (including phenoxy) is 2. The van der Waals surface area contributed by atoms with Gasteiger partial charge in [0, 0.05) is 12.1 Å². The lowest BCUT2D eigenvalue weighted by Gasteiger charge is -2.26. The average molecular weight is 379 g/mol. The molecule has 2 heterocycles. The maximum absolute atomic E-state index is 13.1. The molecule has 5 heteroatoms. The molecule has 5 nitrogen and oxygen atoms in total. The molecule has 0 amide bonds. The van der Waals surface area contributed by atoms with Crippen LogP contribution in [0.2, 0.25) is 0 Å². The molecule has 146 valence electrons. The number of rotatable bonds is 6. The molecule has 1 saturated heterocycles. The van der Waals surface area contributed by atoms with Gasteiger partial charge in [0.05, 0.1) is 12.5 Å². The van der Waals surface area contributed by atoms with E-state index < -0.39 is 0 Å². The maximum atomic E-state index is 13.1. The van der Waals surface area contributed by atoms with E-state index in [4.69, 9.17) is 13.9 Å². The van der Waals surface area contributed by atoms with Crippen molar-refractivity contribution in [2.24, 2.45) is 0 Å². The maximum Gasteiger partial charge on any atom is 0.235 e. The van der Waals surface area contributed by atoms with Crippen LogP contribution in [0.25, 0.3) is 22.3 Å². The molecule has 0 saturated carbocycles. The Balaban J connectivity index is 1.67. The fraction of sp³-hybridized carbons (Fsp3) is 0.348. The standard InChI is InChI=1S/C23H25NO4/c1-26-18-11-9-17(10-12-18)22-23(27-16-15-24-13-5-2-6-14-24)21(25)19-7-3-4-8-20(19)28-22/h3-4,7-12H,2,5-6,13-16H2,1H3. The molecule has 1 aliphatic rings. The van der Waals surface area contributed by atoms with Crippen LogP contribution < -0.4 is 14.9 Å². The van der Waals surface area contributed by atoms with Crippen molar-refractivity contribution in [2.75, 3.05) is 33.4 Å². The van der Waals surface area contributed by atoms with Gasteiger partial charge in [-0.3, -0.25) is 9.69 Å². The number of methoxy groups -OCH3 is 1. The van der Waals surface area contributed by atoms with Crippen LogP contribution in [0.4, 0.5) is 0 Å². The molecule has 0 N–H and O–H groups in total. The minimum absolute atomic E-state index is 0.133.